The second kappa shape index (κ2) is 4.15. The highest BCUT2D eigenvalue weighted by atomic mass is 19.1. The minimum Gasteiger partial charge on any atom is -0.472 e. The lowest BCUT2D eigenvalue weighted by Gasteiger charge is -2.17. The Labute approximate surface area is 93.4 Å². The zero-order chi connectivity index (χ0) is 11.6. The Kier molecular flexibility index (Phi) is 2.85. The van der Waals surface area contributed by atoms with Crippen molar-refractivity contribution in [2.75, 3.05) is 13.1 Å². The lowest BCUT2D eigenvalue weighted by Crippen LogP contribution is -2.39. The van der Waals surface area contributed by atoms with E-state index in [2.05, 4.69) is 5.32 Å². The van der Waals surface area contributed by atoms with Crippen LogP contribution in [0.4, 0.5) is 9.18 Å². The molecule has 88 valence electrons. The second-order valence-electron chi connectivity index (χ2n) is 4.38. The largest absolute Gasteiger partial charge is 0.472 e. The molecule has 0 spiro atoms. The van der Waals surface area contributed by atoms with Gasteiger partial charge in [-0.25, -0.2) is 9.18 Å². The zero-order valence-corrected chi connectivity index (χ0v) is 9.20. The molecule has 0 aromatic carbocycles. The van der Waals surface area contributed by atoms with E-state index < -0.39 is 5.67 Å². The van der Waals surface area contributed by atoms with Crippen LogP contribution in [0.2, 0.25) is 0 Å². The average molecular weight is 226 g/mol. The van der Waals surface area contributed by atoms with E-state index in [-0.39, 0.29) is 12.6 Å². The van der Waals surface area contributed by atoms with E-state index in [9.17, 15) is 9.18 Å². The molecule has 1 aliphatic rings. The second-order valence-corrected chi connectivity index (χ2v) is 4.38. The maximum absolute atomic E-state index is 13.5. The van der Waals surface area contributed by atoms with Crippen LogP contribution in [0.3, 0.4) is 0 Å². The Balaban J connectivity index is 1.81. The summed E-state index contributed by atoms with van der Waals surface area (Å²) in [4.78, 5) is 13.1. The monoisotopic (exact) mass is 226 g/mol. The van der Waals surface area contributed by atoms with Gasteiger partial charge in [0.15, 0.2) is 0 Å². The van der Waals surface area contributed by atoms with Crippen molar-refractivity contribution in [2.24, 2.45) is 0 Å². The fraction of sp³-hybridized carbons (Fsp3) is 0.545. The van der Waals surface area contributed by atoms with Crippen molar-refractivity contribution in [1.29, 1.82) is 0 Å². The normalized spacial score (nSPS) is 24.8. The third-order valence-corrected chi connectivity index (χ3v) is 2.73. The van der Waals surface area contributed by atoms with Crippen molar-refractivity contribution in [3.05, 3.63) is 24.2 Å². The molecule has 16 heavy (non-hydrogen) atoms. The van der Waals surface area contributed by atoms with Crippen LogP contribution in [0.5, 0.6) is 0 Å². The first-order valence-electron chi connectivity index (χ1n) is 5.30. The summed E-state index contributed by atoms with van der Waals surface area (Å²) >= 11 is 0. The Morgan fingerprint density at radius 3 is 3.12 bits per heavy atom. The average Bonchev–Trinajstić information content (AvgIpc) is 2.83. The molecular weight excluding hydrogens is 211 g/mol. The molecule has 1 aliphatic heterocycles. The minimum atomic E-state index is -1.24. The molecule has 1 aromatic rings. The summed E-state index contributed by atoms with van der Waals surface area (Å²) < 4.78 is 18.4. The zero-order valence-electron chi connectivity index (χ0n) is 9.20. The van der Waals surface area contributed by atoms with Crippen molar-refractivity contribution in [2.45, 2.75) is 25.6 Å². The molecule has 2 heterocycles. The van der Waals surface area contributed by atoms with Gasteiger partial charge < -0.3 is 14.6 Å². The van der Waals surface area contributed by atoms with Crippen LogP contribution in [0.25, 0.3) is 0 Å². The van der Waals surface area contributed by atoms with Crippen LogP contribution >= 0.6 is 0 Å². The molecule has 1 aromatic heterocycles. The van der Waals surface area contributed by atoms with Crippen molar-refractivity contribution in [1.82, 2.24) is 10.2 Å². The van der Waals surface area contributed by atoms with Gasteiger partial charge >= 0.3 is 6.03 Å². The number of amides is 2. The highest BCUT2D eigenvalue weighted by Crippen LogP contribution is 2.24. The lowest BCUT2D eigenvalue weighted by molar-refractivity contribution is 0.178. The molecule has 1 N–H and O–H groups in total. The molecule has 4 nitrogen and oxygen atoms in total. The molecular formula is C11H15FN2O2. The SMILES string of the molecule is CC1(F)CCN(C(=O)NCc2ccoc2)C1. The molecule has 0 saturated carbocycles. The van der Waals surface area contributed by atoms with Gasteiger partial charge in [-0.15, -0.1) is 0 Å². The first-order valence-corrected chi connectivity index (χ1v) is 5.30. The number of likely N-dealkylation sites (tertiary alicyclic amines) is 1. The Morgan fingerprint density at radius 1 is 1.75 bits per heavy atom. The first-order chi connectivity index (χ1) is 7.57. The molecule has 0 radical (unpaired) electrons. The van der Waals surface area contributed by atoms with E-state index in [1.807, 2.05) is 0 Å². The van der Waals surface area contributed by atoms with Crippen molar-refractivity contribution in [3.63, 3.8) is 0 Å². The summed E-state index contributed by atoms with van der Waals surface area (Å²) in [5, 5.41) is 2.73. The smallest absolute Gasteiger partial charge is 0.317 e. The van der Waals surface area contributed by atoms with Gasteiger partial charge in [0.1, 0.15) is 5.67 Å². The lowest BCUT2D eigenvalue weighted by atomic mass is 10.1. The van der Waals surface area contributed by atoms with Crippen molar-refractivity contribution >= 4 is 6.03 Å². The van der Waals surface area contributed by atoms with Gasteiger partial charge in [-0.1, -0.05) is 0 Å². The number of furan rings is 1. The quantitative estimate of drug-likeness (QED) is 0.837. The maximum Gasteiger partial charge on any atom is 0.317 e. The summed E-state index contributed by atoms with van der Waals surface area (Å²) in [6.07, 6.45) is 3.53. The van der Waals surface area contributed by atoms with Gasteiger partial charge in [0.25, 0.3) is 0 Å². The standard InChI is InChI=1S/C11H15FN2O2/c1-11(12)3-4-14(8-11)10(15)13-6-9-2-5-16-7-9/h2,5,7H,3-4,6,8H2,1H3,(H,13,15). The maximum atomic E-state index is 13.5. The molecule has 2 rings (SSSR count). The number of urea groups is 1. The number of nitrogens with zero attached hydrogens (tertiary/aromatic N) is 1. The highest BCUT2D eigenvalue weighted by molar-refractivity contribution is 5.74. The van der Waals surface area contributed by atoms with Crippen molar-refractivity contribution in [3.8, 4) is 0 Å². The van der Waals surface area contributed by atoms with Crippen LogP contribution < -0.4 is 5.32 Å². The van der Waals surface area contributed by atoms with Crippen LogP contribution in [0.1, 0.15) is 18.9 Å². The fourth-order valence-electron chi connectivity index (χ4n) is 1.78. The van der Waals surface area contributed by atoms with Gasteiger partial charge in [0.05, 0.1) is 19.1 Å². The minimum absolute atomic E-state index is 0.171. The topological polar surface area (TPSA) is 45.5 Å². The summed E-state index contributed by atoms with van der Waals surface area (Å²) in [7, 11) is 0. The summed E-state index contributed by atoms with van der Waals surface area (Å²) in [6, 6.07) is 1.56. The molecule has 1 unspecified atom stereocenters. The third-order valence-electron chi connectivity index (χ3n) is 2.73. The molecule has 0 aliphatic carbocycles. The third kappa shape index (κ3) is 2.53. The van der Waals surface area contributed by atoms with E-state index >= 15 is 0 Å². The van der Waals surface area contributed by atoms with Crippen LogP contribution in [-0.4, -0.2) is 29.7 Å². The molecule has 2 amide bonds. The number of hydrogen-bond acceptors (Lipinski definition) is 2. The number of alkyl halides is 1. The Morgan fingerprint density at radius 2 is 2.56 bits per heavy atom. The summed E-state index contributed by atoms with van der Waals surface area (Å²) in [6.45, 7) is 2.58. The number of rotatable bonds is 2. The number of nitrogens with one attached hydrogen (secondary N) is 1. The number of carbonyl (C=O) groups excluding carboxylic acids is 1. The molecule has 1 atom stereocenters. The number of hydrogen-bond donors (Lipinski definition) is 1. The highest BCUT2D eigenvalue weighted by Gasteiger charge is 2.35. The Hall–Kier alpha value is -1.52. The van der Waals surface area contributed by atoms with E-state index in [0.29, 0.717) is 19.5 Å². The van der Waals surface area contributed by atoms with Crippen LogP contribution in [-0.2, 0) is 6.54 Å². The van der Waals surface area contributed by atoms with E-state index in [4.69, 9.17) is 4.42 Å². The van der Waals surface area contributed by atoms with Crippen LogP contribution in [0, 0.1) is 0 Å². The van der Waals surface area contributed by atoms with E-state index in [1.54, 1.807) is 18.6 Å². The van der Waals surface area contributed by atoms with E-state index in [0.717, 1.165) is 5.56 Å². The number of carbonyl (C=O) groups is 1. The van der Waals surface area contributed by atoms with Gasteiger partial charge in [0.2, 0.25) is 0 Å². The number of halogens is 1. The predicted molar refractivity (Wildman–Crippen MR) is 56.6 cm³/mol. The van der Waals surface area contributed by atoms with Crippen molar-refractivity contribution < 1.29 is 13.6 Å². The first kappa shape index (κ1) is 11.0. The fourth-order valence-corrected chi connectivity index (χ4v) is 1.78. The predicted octanol–water partition coefficient (Wildman–Crippen LogP) is 1.92. The summed E-state index contributed by atoms with van der Waals surface area (Å²) in [5.74, 6) is 0. The van der Waals surface area contributed by atoms with Gasteiger partial charge in [-0.2, -0.15) is 0 Å². The van der Waals surface area contributed by atoms with Gasteiger partial charge in [-0.05, 0) is 13.0 Å². The van der Waals surface area contributed by atoms with Gasteiger partial charge in [0, 0.05) is 25.1 Å². The Bertz CT molecular complexity index is 362. The molecule has 1 fully saturated rings. The molecule has 5 heteroatoms. The van der Waals surface area contributed by atoms with E-state index in [1.165, 1.54) is 11.8 Å². The summed E-state index contributed by atoms with van der Waals surface area (Å²) in [5.41, 5.74) is -0.344. The van der Waals surface area contributed by atoms with Crippen LogP contribution in [0.15, 0.2) is 23.0 Å². The molecule has 0 bridgehead atoms. The van der Waals surface area contributed by atoms with Gasteiger partial charge in [-0.3, -0.25) is 0 Å². The molecule has 1 saturated heterocycles.